The SMILES string of the molecule is Cc1ccc(Oc2ncccn2)c(C#N)c1. The second-order valence-corrected chi connectivity index (χ2v) is 3.24. The summed E-state index contributed by atoms with van der Waals surface area (Å²) in [6.07, 6.45) is 3.17. The molecule has 2 rings (SSSR count). The molecular weight excluding hydrogens is 202 g/mol. The summed E-state index contributed by atoms with van der Waals surface area (Å²) < 4.78 is 5.41. The second kappa shape index (κ2) is 4.41. The first-order chi connectivity index (χ1) is 7.79. The second-order valence-electron chi connectivity index (χ2n) is 3.24. The van der Waals surface area contributed by atoms with Crippen LogP contribution in [0.5, 0.6) is 11.8 Å². The Morgan fingerprint density at radius 1 is 1.25 bits per heavy atom. The van der Waals surface area contributed by atoms with Crippen molar-refractivity contribution in [2.24, 2.45) is 0 Å². The number of hydrogen-bond acceptors (Lipinski definition) is 4. The lowest BCUT2D eigenvalue weighted by molar-refractivity contribution is 0.440. The van der Waals surface area contributed by atoms with E-state index in [1.54, 1.807) is 30.6 Å². The molecule has 1 aromatic carbocycles. The Morgan fingerprint density at radius 3 is 2.69 bits per heavy atom. The first-order valence-corrected chi connectivity index (χ1v) is 4.75. The van der Waals surface area contributed by atoms with Crippen LogP contribution in [0.25, 0.3) is 0 Å². The van der Waals surface area contributed by atoms with Crippen LogP contribution >= 0.6 is 0 Å². The van der Waals surface area contributed by atoms with Crippen LogP contribution in [0.1, 0.15) is 11.1 Å². The maximum atomic E-state index is 8.95. The van der Waals surface area contributed by atoms with Gasteiger partial charge in [-0.2, -0.15) is 5.26 Å². The van der Waals surface area contributed by atoms with Gasteiger partial charge in [0.05, 0.1) is 5.56 Å². The third-order valence-electron chi connectivity index (χ3n) is 2.00. The van der Waals surface area contributed by atoms with Gasteiger partial charge in [-0.3, -0.25) is 0 Å². The summed E-state index contributed by atoms with van der Waals surface area (Å²) in [5, 5.41) is 8.95. The molecule has 0 aliphatic rings. The first kappa shape index (κ1) is 10.1. The van der Waals surface area contributed by atoms with Gasteiger partial charge in [-0.15, -0.1) is 0 Å². The highest BCUT2D eigenvalue weighted by molar-refractivity contribution is 5.46. The van der Waals surface area contributed by atoms with E-state index in [-0.39, 0.29) is 6.01 Å². The van der Waals surface area contributed by atoms with Gasteiger partial charge in [0.2, 0.25) is 0 Å². The zero-order valence-corrected chi connectivity index (χ0v) is 8.71. The quantitative estimate of drug-likeness (QED) is 0.765. The maximum Gasteiger partial charge on any atom is 0.321 e. The number of nitrogens with zero attached hydrogens (tertiary/aromatic N) is 3. The van der Waals surface area contributed by atoms with Crippen molar-refractivity contribution >= 4 is 0 Å². The highest BCUT2D eigenvalue weighted by atomic mass is 16.5. The van der Waals surface area contributed by atoms with Crippen molar-refractivity contribution in [3.05, 3.63) is 47.8 Å². The van der Waals surface area contributed by atoms with Crippen molar-refractivity contribution in [1.82, 2.24) is 9.97 Å². The molecule has 2 aromatic rings. The van der Waals surface area contributed by atoms with Gasteiger partial charge in [0.1, 0.15) is 11.8 Å². The largest absolute Gasteiger partial charge is 0.423 e. The lowest BCUT2D eigenvalue weighted by atomic mass is 10.1. The van der Waals surface area contributed by atoms with E-state index in [2.05, 4.69) is 16.0 Å². The van der Waals surface area contributed by atoms with Crippen molar-refractivity contribution in [2.75, 3.05) is 0 Å². The summed E-state index contributed by atoms with van der Waals surface area (Å²) >= 11 is 0. The Hall–Kier alpha value is -2.41. The zero-order chi connectivity index (χ0) is 11.4. The molecule has 4 nitrogen and oxygen atoms in total. The highest BCUT2D eigenvalue weighted by Crippen LogP contribution is 2.22. The van der Waals surface area contributed by atoms with Crippen LogP contribution in [0.2, 0.25) is 0 Å². The molecule has 0 radical (unpaired) electrons. The first-order valence-electron chi connectivity index (χ1n) is 4.75. The molecular formula is C12H9N3O. The van der Waals surface area contributed by atoms with E-state index in [0.717, 1.165) is 5.56 Å². The Kier molecular flexibility index (Phi) is 2.79. The van der Waals surface area contributed by atoms with E-state index in [1.165, 1.54) is 0 Å². The Balaban J connectivity index is 2.32. The molecule has 1 aromatic heterocycles. The van der Waals surface area contributed by atoms with Gasteiger partial charge in [-0.05, 0) is 30.7 Å². The van der Waals surface area contributed by atoms with Crippen molar-refractivity contribution in [2.45, 2.75) is 6.92 Å². The molecule has 78 valence electrons. The van der Waals surface area contributed by atoms with Crippen molar-refractivity contribution in [3.8, 4) is 17.8 Å². The molecule has 0 atom stereocenters. The van der Waals surface area contributed by atoms with E-state index in [9.17, 15) is 0 Å². The van der Waals surface area contributed by atoms with Gasteiger partial charge < -0.3 is 4.74 Å². The lowest BCUT2D eigenvalue weighted by Gasteiger charge is -2.05. The van der Waals surface area contributed by atoms with E-state index < -0.39 is 0 Å². The number of hydrogen-bond donors (Lipinski definition) is 0. The molecule has 0 aliphatic carbocycles. The van der Waals surface area contributed by atoms with Crippen LogP contribution in [-0.4, -0.2) is 9.97 Å². The topological polar surface area (TPSA) is 58.8 Å². The number of ether oxygens (including phenoxy) is 1. The standard InChI is InChI=1S/C12H9N3O/c1-9-3-4-11(10(7-9)8-13)16-12-14-5-2-6-15-12/h2-7H,1H3. The molecule has 0 N–H and O–H groups in total. The molecule has 0 unspecified atom stereocenters. The fourth-order valence-corrected chi connectivity index (χ4v) is 1.26. The van der Waals surface area contributed by atoms with Gasteiger partial charge in [0.15, 0.2) is 0 Å². The van der Waals surface area contributed by atoms with Gasteiger partial charge in [-0.25, -0.2) is 9.97 Å². The van der Waals surface area contributed by atoms with E-state index in [1.807, 2.05) is 13.0 Å². The fourth-order valence-electron chi connectivity index (χ4n) is 1.26. The molecule has 0 bridgehead atoms. The van der Waals surface area contributed by atoms with Gasteiger partial charge >= 0.3 is 6.01 Å². The zero-order valence-electron chi connectivity index (χ0n) is 8.71. The minimum atomic E-state index is 0.239. The monoisotopic (exact) mass is 211 g/mol. The number of rotatable bonds is 2. The average molecular weight is 211 g/mol. The van der Waals surface area contributed by atoms with Crippen LogP contribution < -0.4 is 4.74 Å². The molecule has 4 heteroatoms. The number of aryl methyl sites for hydroxylation is 1. The average Bonchev–Trinajstić information content (AvgIpc) is 2.33. The van der Waals surface area contributed by atoms with Gasteiger partial charge in [-0.1, -0.05) is 6.07 Å². The molecule has 0 spiro atoms. The van der Waals surface area contributed by atoms with Crippen LogP contribution in [0.15, 0.2) is 36.7 Å². The summed E-state index contributed by atoms with van der Waals surface area (Å²) in [5.74, 6) is 0.472. The summed E-state index contributed by atoms with van der Waals surface area (Å²) in [6, 6.07) is 9.39. The van der Waals surface area contributed by atoms with Gasteiger partial charge in [0, 0.05) is 12.4 Å². The predicted molar refractivity (Wildman–Crippen MR) is 58.0 cm³/mol. The Morgan fingerprint density at radius 2 is 2.00 bits per heavy atom. The van der Waals surface area contributed by atoms with Gasteiger partial charge in [0.25, 0.3) is 0 Å². The molecule has 16 heavy (non-hydrogen) atoms. The summed E-state index contributed by atoms with van der Waals surface area (Å²) in [7, 11) is 0. The van der Waals surface area contributed by atoms with Crippen molar-refractivity contribution < 1.29 is 4.74 Å². The normalized spacial score (nSPS) is 9.50. The summed E-state index contributed by atoms with van der Waals surface area (Å²) in [4.78, 5) is 7.86. The number of benzene rings is 1. The van der Waals surface area contributed by atoms with E-state index in [0.29, 0.717) is 11.3 Å². The number of nitriles is 1. The van der Waals surface area contributed by atoms with Crippen LogP contribution in [0, 0.1) is 18.3 Å². The van der Waals surface area contributed by atoms with Crippen molar-refractivity contribution in [1.29, 1.82) is 5.26 Å². The third kappa shape index (κ3) is 2.15. The van der Waals surface area contributed by atoms with Crippen LogP contribution in [0.4, 0.5) is 0 Å². The molecule has 0 fully saturated rings. The Bertz CT molecular complexity index is 532. The predicted octanol–water partition coefficient (Wildman–Crippen LogP) is 2.45. The maximum absolute atomic E-state index is 8.95. The number of aromatic nitrogens is 2. The molecule has 0 saturated carbocycles. The third-order valence-corrected chi connectivity index (χ3v) is 2.00. The lowest BCUT2D eigenvalue weighted by Crippen LogP contribution is -1.93. The van der Waals surface area contributed by atoms with E-state index in [4.69, 9.17) is 10.00 Å². The summed E-state index contributed by atoms with van der Waals surface area (Å²) in [6.45, 7) is 1.92. The fraction of sp³-hybridized carbons (Fsp3) is 0.0833. The summed E-state index contributed by atoms with van der Waals surface area (Å²) in [5.41, 5.74) is 1.49. The van der Waals surface area contributed by atoms with E-state index >= 15 is 0 Å². The Labute approximate surface area is 93.2 Å². The smallest absolute Gasteiger partial charge is 0.321 e. The molecule has 1 heterocycles. The van der Waals surface area contributed by atoms with Crippen molar-refractivity contribution in [3.63, 3.8) is 0 Å². The minimum absolute atomic E-state index is 0.239. The highest BCUT2D eigenvalue weighted by Gasteiger charge is 2.05. The van der Waals surface area contributed by atoms with Crippen LogP contribution in [0.3, 0.4) is 0 Å². The minimum Gasteiger partial charge on any atom is -0.423 e. The van der Waals surface area contributed by atoms with Crippen LogP contribution in [-0.2, 0) is 0 Å². The molecule has 0 aliphatic heterocycles. The molecule has 0 amide bonds. The molecule has 0 saturated heterocycles.